The minimum Gasteiger partial charge on any atom is -0.496 e. The predicted molar refractivity (Wildman–Crippen MR) is 108 cm³/mol. The molecule has 0 radical (unpaired) electrons. The monoisotopic (exact) mass is 367 g/mol. The van der Waals surface area contributed by atoms with Crippen molar-refractivity contribution in [2.75, 3.05) is 39.8 Å². The number of urea groups is 1. The highest BCUT2D eigenvalue weighted by molar-refractivity contribution is 5.74. The minimum absolute atomic E-state index is 0.0160. The molecule has 0 bridgehead atoms. The second-order valence-electron chi connectivity index (χ2n) is 6.97. The van der Waals surface area contributed by atoms with Gasteiger partial charge in [-0.1, -0.05) is 48.5 Å². The summed E-state index contributed by atoms with van der Waals surface area (Å²) in [6, 6.07) is 18.3. The molecule has 2 amide bonds. The number of para-hydroxylation sites is 1. The molecule has 3 rings (SSSR count). The molecule has 2 aromatic carbocycles. The number of piperazine rings is 1. The molecule has 1 aliphatic rings. The van der Waals surface area contributed by atoms with Crippen molar-refractivity contribution in [3.63, 3.8) is 0 Å². The summed E-state index contributed by atoms with van der Waals surface area (Å²) in [4.78, 5) is 16.9. The standard InChI is InChI=1S/C22H29N3O2/c1-18(19-8-4-3-5-9-19)23-22(26)25-16-14-24(15-17-25)13-12-20-10-6-7-11-21(20)27-2/h3-11,18H,12-17H2,1-2H3,(H,23,26). The number of nitrogens with zero attached hydrogens (tertiary/aromatic N) is 2. The van der Waals surface area contributed by atoms with Crippen LogP contribution in [0.15, 0.2) is 54.6 Å². The zero-order valence-electron chi connectivity index (χ0n) is 16.2. The lowest BCUT2D eigenvalue weighted by molar-refractivity contribution is 0.138. The molecule has 27 heavy (non-hydrogen) atoms. The van der Waals surface area contributed by atoms with E-state index in [0.717, 1.165) is 50.5 Å². The van der Waals surface area contributed by atoms with E-state index in [1.54, 1.807) is 7.11 Å². The first-order valence-electron chi connectivity index (χ1n) is 9.62. The minimum atomic E-state index is 0.0160. The van der Waals surface area contributed by atoms with E-state index >= 15 is 0 Å². The number of rotatable bonds is 6. The summed E-state index contributed by atoms with van der Waals surface area (Å²) in [5.41, 5.74) is 2.36. The second-order valence-corrected chi connectivity index (χ2v) is 6.97. The number of benzene rings is 2. The van der Waals surface area contributed by atoms with Gasteiger partial charge in [-0.05, 0) is 30.5 Å². The molecule has 1 saturated heterocycles. The van der Waals surface area contributed by atoms with Crippen LogP contribution < -0.4 is 10.1 Å². The highest BCUT2D eigenvalue weighted by Crippen LogP contribution is 2.18. The number of hydrogen-bond donors (Lipinski definition) is 1. The van der Waals surface area contributed by atoms with Crippen LogP contribution in [0.25, 0.3) is 0 Å². The molecule has 5 nitrogen and oxygen atoms in total. The Bertz CT molecular complexity index is 727. The number of ether oxygens (including phenoxy) is 1. The molecule has 0 spiro atoms. The Balaban J connectivity index is 1.44. The quantitative estimate of drug-likeness (QED) is 0.852. The lowest BCUT2D eigenvalue weighted by Crippen LogP contribution is -2.52. The Labute approximate surface area is 161 Å². The Hall–Kier alpha value is -2.53. The summed E-state index contributed by atoms with van der Waals surface area (Å²) in [6.45, 7) is 6.34. The largest absolute Gasteiger partial charge is 0.496 e. The topological polar surface area (TPSA) is 44.8 Å². The summed E-state index contributed by atoms with van der Waals surface area (Å²) >= 11 is 0. The molecule has 1 atom stereocenters. The van der Waals surface area contributed by atoms with E-state index in [1.165, 1.54) is 5.56 Å². The van der Waals surface area contributed by atoms with Gasteiger partial charge in [-0.2, -0.15) is 0 Å². The first-order chi connectivity index (χ1) is 13.2. The van der Waals surface area contributed by atoms with Crippen LogP contribution in [0.1, 0.15) is 24.1 Å². The van der Waals surface area contributed by atoms with Crippen molar-refractivity contribution < 1.29 is 9.53 Å². The molecule has 0 aromatic heterocycles. The molecule has 1 N–H and O–H groups in total. The molecule has 1 unspecified atom stereocenters. The summed E-state index contributed by atoms with van der Waals surface area (Å²) < 4.78 is 5.43. The van der Waals surface area contributed by atoms with Crippen molar-refractivity contribution in [3.05, 3.63) is 65.7 Å². The molecule has 1 fully saturated rings. The highest BCUT2D eigenvalue weighted by Gasteiger charge is 2.22. The molecule has 0 aliphatic carbocycles. The number of amides is 2. The summed E-state index contributed by atoms with van der Waals surface area (Å²) in [5, 5.41) is 3.11. The predicted octanol–water partition coefficient (Wildman–Crippen LogP) is 3.33. The zero-order valence-corrected chi connectivity index (χ0v) is 16.2. The van der Waals surface area contributed by atoms with E-state index in [2.05, 4.69) is 16.3 Å². The summed E-state index contributed by atoms with van der Waals surface area (Å²) in [7, 11) is 1.71. The maximum Gasteiger partial charge on any atom is 0.317 e. The number of carbonyl (C=O) groups is 1. The van der Waals surface area contributed by atoms with Crippen molar-refractivity contribution in [2.45, 2.75) is 19.4 Å². The van der Waals surface area contributed by atoms with Gasteiger partial charge < -0.3 is 15.0 Å². The van der Waals surface area contributed by atoms with Crippen LogP contribution in [-0.4, -0.2) is 55.7 Å². The molecule has 5 heteroatoms. The fraction of sp³-hybridized carbons (Fsp3) is 0.409. The van der Waals surface area contributed by atoms with E-state index < -0.39 is 0 Å². The summed E-state index contributed by atoms with van der Waals surface area (Å²) in [6.07, 6.45) is 0.960. The van der Waals surface area contributed by atoms with Gasteiger partial charge in [0.2, 0.25) is 0 Å². The normalized spacial score (nSPS) is 16.0. The van der Waals surface area contributed by atoms with E-state index in [0.29, 0.717) is 0 Å². The van der Waals surface area contributed by atoms with E-state index in [4.69, 9.17) is 4.74 Å². The van der Waals surface area contributed by atoms with Gasteiger partial charge >= 0.3 is 6.03 Å². The van der Waals surface area contributed by atoms with Crippen LogP contribution in [0.5, 0.6) is 5.75 Å². The van der Waals surface area contributed by atoms with Gasteiger partial charge in [-0.3, -0.25) is 4.90 Å². The molecular weight excluding hydrogens is 338 g/mol. The van der Waals surface area contributed by atoms with E-state index in [9.17, 15) is 4.79 Å². The van der Waals surface area contributed by atoms with Gasteiger partial charge in [0.1, 0.15) is 5.75 Å². The molecule has 144 valence electrons. The van der Waals surface area contributed by atoms with Crippen LogP contribution in [0, 0.1) is 0 Å². The maximum atomic E-state index is 12.5. The smallest absolute Gasteiger partial charge is 0.317 e. The molecule has 0 saturated carbocycles. The fourth-order valence-corrected chi connectivity index (χ4v) is 3.46. The molecule has 1 aliphatic heterocycles. The van der Waals surface area contributed by atoms with Gasteiger partial charge in [0, 0.05) is 32.7 Å². The lowest BCUT2D eigenvalue weighted by Gasteiger charge is -2.35. The maximum absolute atomic E-state index is 12.5. The summed E-state index contributed by atoms with van der Waals surface area (Å²) in [5.74, 6) is 0.949. The number of hydrogen-bond acceptors (Lipinski definition) is 3. The average molecular weight is 367 g/mol. The van der Waals surface area contributed by atoms with Crippen LogP contribution in [0.4, 0.5) is 4.79 Å². The third-order valence-electron chi connectivity index (χ3n) is 5.19. The average Bonchev–Trinajstić information content (AvgIpc) is 2.73. The van der Waals surface area contributed by atoms with E-state index in [1.807, 2.05) is 60.4 Å². The fourth-order valence-electron chi connectivity index (χ4n) is 3.46. The SMILES string of the molecule is COc1ccccc1CCN1CCN(C(=O)NC(C)c2ccccc2)CC1. The van der Waals surface area contributed by atoms with Gasteiger partial charge in [0.05, 0.1) is 13.2 Å². The lowest BCUT2D eigenvalue weighted by atomic mass is 10.1. The van der Waals surface area contributed by atoms with Crippen LogP contribution in [0.2, 0.25) is 0 Å². The van der Waals surface area contributed by atoms with Gasteiger partial charge in [-0.25, -0.2) is 4.79 Å². The van der Waals surface area contributed by atoms with Crippen molar-refractivity contribution in [3.8, 4) is 5.75 Å². The number of carbonyl (C=O) groups excluding carboxylic acids is 1. The second kappa shape index (κ2) is 9.42. The van der Waals surface area contributed by atoms with Gasteiger partial charge in [0.15, 0.2) is 0 Å². The van der Waals surface area contributed by atoms with E-state index in [-0.39, 0.29) is 12.1 Å². The Morgan fingerprint density at radius 1 is 1.04 bits per heavy atom. The van der Waals surface area contributed by atoms with Crippen LogP contribution in [0.3, 0.4) is 0 Å². The Morgan fingerprint density at radius 2 is 1.70 bits per heavy atom. The molecule has 1 heterocycles. The zero-order chi connectivity index (χ0) is 19.1. The van der Waals surface area contributed by atoms with Crippen molar-refractivity contribution in [1.82, 2.24) is 15.1 Å². The first-order valence-corrected chi connectivity index (χ1v) is 9.62. The van der Waals surface area contributed by atoms with Gasteiger partial charge in [0.25, 0.3) is 0 Å². The third-order valence-corrected chi connectivity index (χ3v) is 5.19. The van der Waals surface area contributed by atoms with Crippen molar-refractivity contribution >= 4 is 6.03 Å². The number of methoxy groups -OCH3 is 1. The molecule has 2 aromatic rings. The highest BCUT2D eigenvalue weighted by atomic mass is 16.5. The third kappa shape index (κ3) is 5.23. The number of nitrogens with one attached hydrogen (secondary N) is 1. The van der Waals surface area contributed by atoms with Gasteiger partial charge in [-0.15, -0.1) is 0 Å². The Kier molecular flexibility index (Phi) is 6.71. The molecular formula is C22H29N3O2. The van der Waals surface area contributed by atoms with Crippen LogP contribution in [-0.2, 0) is 6.42 Å². The van der Waals surface area contributed by atoms with Crippen molar-refractivity contribution in [2.24, 2.45) is 0 Å². The Morgan fingerprint density at radius 3 is 2.41 bits per heavy atom. The van der Waals surface area contributed by atoms with Crippen molar-refractivity contribution in [1.29, 1.82) is 0 Å². The van der Waals surface area contributed by atoms with Crippen LogP contribution >= 0.6 is 0 Å². The first kappa shape index (κ1) is 19.2.